The monoisotopic (exact) mass is 413 g/mol. The zero-order valence-corrected chi connectivity index (χ0v) is 17.2. The number of hydrogen-bond donors (Lipinski definition) is 2. The molecule has 0 bridgehead atoms. The maximum absolute atomic E-state index is 12.6. The van der Waals surface area contributed by atoms with Crippen LogP contribution in [0.1, 0.15) is 39.6 Å². The molecule has 2 N–H and O–H groups in total. The first-order valence-electron chi connectivity index (χ1n) is 10.2. The molecule has 1 heterocycles. The highest BCUT2D eigenvalue weighted by molar-refractivity contribution is 6.06. The molecule has 0 saturated heterocycles. The number of hydrogen-bond acceptors (Lipinski definition) is 3. The van der Waals surface area contributed by atoms with E-state index in [0.29, 0.717) is 22.5 Å². The van der Waals surface area contributed by atoms with Gasteiger partial charge in [0.25, 0.3) is 11.8 Å². The number of carbonyl (C=O) groups is 3. The lowest BCUT2D eigenvalue weighted by Crippen LogP contribution is -2.33. The second-order valence-corrected chi connectivity index (χ2v) is 7.47. The van der Waals surface area contributed by atoms with E-state index in [2.05, 4.69) is 10.6 Å². The molecule has 0 unspecified atom stereocenters. The average molecular weight is 413 g/mol. The topological polar surface area (TPSA) is 78.5 Å². The molecule has 31 heavy (non-hydrogen) atoms. The highest BCUT2D eigenvalue weighted by Gasteiger charge is 2.20. The van der Waals surface area contributed by atoms with Crippen molar-refractivity contribution in [1.82, 2.24) is 0 Å². The molecule has 3 aromatic rings. The molecule has 0 saturated carbocycles. The van der Waals surface area contributed by atoms with Gasteiger partial charge in [0.2, 0.25) is 5.91 Å². The summed E-state index contributed by atoms with van der Waals surface area (Å²) in [5.74, 6) is -0.413. The molecule has 1 aliphatic rings. The average Bonchev–Trinajstić information content (AvgIpc) is 2.79. The van der Waals surface area contributed by atoms with Gasteiger partial charge in [-0.05, 0) is 73.0 Å². The second kappa shape index (κ2) is 8.83. The van der Waals surface area contributed by atoms with Crippen LogP contribution in [0.4, 0.5) is 17.1 Å². The summed E-state index contributed by atoms with van der Waals surface area (Å²) in [6.07, 6.45) is 1.78. The van der Waals surface area contributed by atoms with Crippen LogP contribution in [0.3, 0.4) is 0 Å². The summed E-state index contributed by atoms with van der Waals surface area (Å²) in [5, 5.41) is 5.73. The predicted octanol–water partition coefficient (Wildman–Crippen LogP) is 4.49. The first-order chi connectivity index (χ1) is 15.0. The van der Waals surface area contributed by atoms with Crippen LogP contribution in [0, 0.1) is 0 Å². The van der Waals surface area contributed by atoms with Crippen molar-refractivity contribution in [2.75, 3.05) is 22.1 Å². The summed E-state index contributed by atoms with van der Waals surface area (Å²) in [5.41, 5.74) is 4.33. The SMILES string of the molecule is CC(=O)N1CCCc2cc(NC(=O)c3ccc(NC(=O)c4ccccc4)cc3)ccc21. The third kappa shape index (κ3) is 4.64. The number of anilines is 3. The Balaban J connectivity index is 1.42. The van der Waals surface area contributed by atoms with Gasteiger partial charge in [-0.25, -0.2) is 0 Å². The number of rotatable bonds is 4. The lowest BCUT2D eigenvalue weighted by atomic mass is 10.0. The van der Waals surface area contributed by atoms with E-state index >= 15 is 0 Å². The first-order valence-corrected chi connectivity index (χ1v) is 10.2. The molecular formula is C25H23N3O3. The fourth-order valence-electron chi connectivity index (χ4n) is 3.70. The molecule has 4 rings (SSSR count). The van der Waals surface area contributed by atoms with Crippen LogP contribution in [0.5, 0.6) is 0 Å². The Labute approximate surface area is 180 Å². The predicted molar refractivity (Wildman–Crippen MR) is 122 cm³/mol. The van der Waals surface area contributed by atoms with Gasteiger partial charge in [-0.1, -0.05) is 18.2 Å². The van der Waals surface area contributed by atoms with Crippen LogP contribution in [-0.4, -0.2) is 24.3 Å². The zero-order valence-electron chi connectivity index (χ0n) is 17.2. The van der Waals surface area contributed by atoms with Gasteiger partial charge in [-0.3, -0.25) is 14.4 Å². The number of aryl methyl sites for hydroxylation is 1. The second-order valence-electron chi connectivity index (χ2n) is 7.47. The van der Waals surface area contributed by atoms with Crippen molar-refractivity contribution in [2.45, 2.75) is 19.8 Å². The lowest BCUT2D eigenvalue weighted by molar-refractivity contribution is -0.116. The number of amides is 3. The Morgan fingerprint density at radius 1 is 0.774 bits per heavy atom. The number of nitrogens with one attached hydrogen (secondary N) is 2. The summed E-state index contributed by atoms with van der Waals surface area (Å²) in [6.45, 7) is 2.29. The molecule has 6 nitrogen and oxygen atoms in total. The third-order valence-corrected chi connectivity index (χ3v) is 5.28. The van der Waals surface area contributed by atoms with Crippen molar-refractivity contribution in [1.29, 1.82) is 0 Å². The quantitative estimate of drug-likeness (QED) is 0.661. The molecule has 3 amide bonds. The summed E-state index contributed by atoms with van der Waals surface area (Å²) < 4.78 is 0. The Kier molecular flexibility index (Phi) is 5.80. The number of nitrogens with zero attached hydrogens (tertiary/aromatic N) is 1. The summed E-state index contributed by atoms with van der Waals surface area (Å²) in [7, 11) is 0. The minimum Gasteiger partial charge on any atom is -0.322 e. The standard InChI is InChI=1S/C25H23N3O3/c1-17(29)28-15-5-8-20-16-22(13-14-23(20)28)27-25(31)19-9-11-21(12-10-19)26-24(30)18-6-3-2-4-7-18/h2-4,6-7,9-14,16H,5,8,15H2,1H3,(H,26,30)(H,27,31). The van der Waals surface area contributed by atoms with Crippen molar-refractivity contribution in [3.05, 3.63) is 89.5 Å². The Morgan fingerprint density at radius 2 is 1.39 bits per heavy atom. The molecule has 0 fully saturated rings. The van der Waals surface area contributed by atoms with Crippen LogP contribution in [0.25, 0.3) is 0 Å². The van der Waals surface area contributed by atoms with Crippen LogP contribution in [-0.2, 0) is 11.2 Å². The van der Waals surface area contributed by atoms with Crippen LogP contribution in [0.15, 0.2) is 72.8 Å². The van der Waals surface area contributed by atoms with E-state index in [1.54, 1.807) is 60.4 Å². The van der Waals surface area contributed by atoms with E-state index in [4.69, 9.17) is 0 Å². The molecule has 0 aromatic heterocycles. The Bertz CT molecular complexity index is 1120. The number of carbonyl (C=O) groups excluding carboxylic acids is 3. The summed E-state index contributed by atoms with van der Waals surface area (Å²) >= 11 is 0. The van der Waals surface area contributed by atoms with Gasteiger partial charge in [-0.15, -0.1) is 0 Å². The van der Waals surface area contributed by atoms with Gasteiger partial charge in [0, 0.05) is 41.7 Å². The van der Waals surface area contributed by atoms with Crippen molar-refractivity contribution < 1.29 is 14.4 Å². The van der Waals surface area contributed by atoms with Crippen molar-refractivity contribution in [3.8, 4) is 0 Å². The van der Waals surface area contributed by atoms with E-state index < -0.39 is 0 Å². The normalized spacial score (nSPS) is 12.6. The largest absolute Gasteiger partial charge is 0.322 e. The van der Waals surface area contributed by atoms with Crippen molar-refractivity contribution in [3.63, 3.8) is 0 Å². The van der Waals surface area contributed by atoms with E-state index in [1.165, 1.54) is 0 Å². The van der Waals surface area contributed by atoms with E-state index in [-0.39, 0.29) is 17.7 Å². The van der Waals surface area contributed by atoms with Crippen molar-refractivity contribution >= 4 is 34.8 Å². The Morgan fingerprint density at radius 3 is 2.06 bits per heavy atom. The lowest BCUT2D eigenvalue weighted by Gasteiger charge is -2.29. The molecule has 3 aromatic carbocycles. The Hall–Kier alpha value is -3.93. The van der Waals surface area contributed by atoms with Gasteiger partial charge >= 0.3 is 0 Å². The summed E-state index contributed by atoms with van der Waals surface area (Å²) in [6, 6.07) is 21.3. The molecule has 0 radical (unpaired) electrons. The molecule has 156 valence electrons. The number of fused-ring (bicyclic) bond motifs is 1. The molecule has 0 atom stereocenters. The van der Waals surface area contributed by atoms with Gasteiger partial charge in [0.05, 0.1) is 0 Å². The van der Waals surface area contributed by atoms with Crippen molar-refractivity contribution in [2.24, 2.45) is 0 Å². The van der Waals surface area contributed by atoms with E-state index in [0.717, 1.165) is 30.6 Å². The maximum Gasteiger partial charge on any atom is 0.255 e. The minimum absolute atomic E-state index is 0.0252. The van der Waals surface area contributed by atoms with Gasteiger partial charge in [0.15, 0.2) is 0 Å². The highest BCUT2D eigenvalue weighted by Crippen LogP contribution is 2.30. The minimum atomic E-state index is -0.236. The maximum atomic E-state index is 12.6. The molecule has 0 aliphatic carbocycles. The van der Waals surface area contributed by atoms with Gasteiger partial charge in [-0.2, -0.15) is 0 Å². The van der Waals surface area contributed by atoms with Gasteiger partial charge < -0.3 is 15.5 Å². The number of benzene rings is 3. The fraction of sp³-hybridized carbons (Fsp3) is 0.160. The van der Waals surface area contributed by atoms with Crippen LogP contribution in [0.2, 0.25) is 0 Å². The highest BCUT2D eigenvalue weighted by atomic mass is 16.2. The molecule has 0 spiro atoms. The molecular weight excluding hydrogens is 390 g/mol. The fourth-order valence-corrected chi connectivity index (χ4v) is 3.70. The van der Waals surface area contributed by atoms with Crippen LogP contribution >= 0.6 is 0 Å². The first kappa shape index (κ1) is 20.3. The third-order valence-electron chi connectivity index (χ3n) is 5.28. The molecule has 1 aliphatic heterocycles. The van der Waals surface area contributed by atoms with E-state index in [1.807, 2.05) is 24.3 Å². The summed E-state index contributed by atoms with van der Waals surface area (Å²) in [4.78, 5) is 38.5. The smallest absolute Gasteiger partial charge is 0.255 e. The van der Waals surface area contributed by atoms with Gasteiger partial charge in [0.1, 0.15) is 0 Å². The van der Waals surface area contributed by atoms with Crippen LogP contribution < -0.4 is 15.5 Å². The molecule has 6 heteroatoms. The zero-order chi connectivity index (χ0) is 21.8. The van der Waals surface area contributed by atoms with E-state index in [9.17, 15) is 14.4 Å².